The van der Waals surface area contributed by atoms with Gasteiger partial charge in [0.1, 0.15) is 0 Å². The van der Waals surface area contributed by atoms with Crippen LogP contribution in [0.1, 0.15) is 6.92 Å². The molecule has 0 saturated carbocycles. The van der Waals surface area contributed by atoms with Crippen LogP contribution in [0.2, 0.25) is 0 Å². The van der Waals surface area contributed by atoms with Gasteiger partial charge in [-0.15, -0.1) is 0 Å². The molecule has 0 amide bonds. The maximum absolute atomic E-state index is 10.3. The van der Waals surface area contributed by atoms with Crippen molar-refractivity contribution in [1.82, 2.24) is 0 Å². The van der Waals surface area contributed by atoms with Gasteiger partial charge < -0.3 is 10.2 Å². The van der Waals surface area contributed by atoms with Crippen molar-refractivity contribution >= 4 is 5.97 Å². The molecule has 0 bridgehead atoms. The Morgan fingerprint density at radius 3 is 2.80 bits per heavy atom. The topological polar surface area (TPSA) is 83.5 Å². The molecule has 0 aliphatic carbocycles. The summed E-state index contributed by atoms with van der Waals surface area (Å²) in [6, 6.07) is 0. The van der Waals surface area contributed by atoms with Crippen LogP contribution in [0.4, 0.5) is 0 Å². The normalized spacial score (nSPS) is 8.50. The summed E-state index contributed by atoms with van der Waals surface area (Å²) in [5, 5.41) is 8.62. The first kappa shape index (κ1) is 8.67. The Bertz CT molecular complexity index is 135. The van der Waals surface area contributed by atoms with Crippen molar-refractivity contribution in [2.24, 2.45) is 0 Å². The summed E-state index contributed by atoms with van der Waals surface area (Å²) in [6.07, 6.45) is 0. The molecule has 0 aromatic heterocycles. The molecule has 0 heterocycles. The van der Waals surface area contributed by atoms with E-state index >= 15 is 0 Å². The Hall–Kier alpha value is -1.33. The Labute approximate surface area is 57.3 Å². The average molecular weight is 147 g/mol. The Morgan fingerprint density at radius 2 is 2.40 bits per heavy atom. The number of hydrogen-bond acceptors (Lipinski definition) is 4. The molecule has 0 saturated heterocycles. The molecule has 0 atom stereocenters. The molecule has 58 valence electrons. The maximum atomic E-state index is 10.3. The maximum Gasteiger partial charge on any atom is 0.292 e. The van der Waals surface area contributed by atoms with Crippen molar-refractivity contribution in [1.29, 1.82) is 0 Å². The molecule has 0 rings (SSSR count). The molecule has 0 N–H and O–H groups in total. The number of rotatable bonds is 4. The lowest BCUT2D eigenvalue weighted by atomic mass is 10.7. The Balaban J connectivity index is 3.30. The average Bonchev–Trinajstić information content (AvgIpc) is 1.85. The van der Waals surface area contributed by atoms with Crippen molar-refractivity contribution in [3.05, 3.63) is 15.5 Å². The van der Waals surface area contributed by atoms with Crippen LogP contribution >= 0.6 is 0 Å². The summed E-state index contributed by atoms with van der Waals surface area (Å²) in [5.74, 6) is -0.681. The standard InChI is InChI=1S/C4H7N2O4/c1-2-10-4(7)3-5-6(8)9/h2-3H2,1H3/q-1. The van der Waals surface area contributed by atoms with Crippen molar-refractivity contribution in [2.45, 2.75) is 6.92 Å². The highest BCUT2D eigenvalue weighted by Gasteiger charge is 1.94. The van der Waals surface area contributed by atoms with Gasteiger partial charge in [-0.05, 0) is 12.0 Å². The predicted octanol–water partition coefficient (Wildman–Crippen LogP) is 0.115. The van der Waals surface area contributed by atoms with Gasteiger partial charge in [-0.1, -0.05) is 0 Å². The fourth-order valence-corrected chi connectivity index (χ4v) is 0.322. The van der Waals surface area contributed by atoms with Crippen LogP contribution < -0.4 is 0 Å². The molecule has 6 nitrogen and oxygen atoms in total. The number of carbonyl (C=O) groups excluding carboxylic acids is 1. The largest absolute Gasteiger partial charge is 0.467 e. The second-order valence-electron chi connectivity index (χ2n) is 1.34. The van der Waals surface area contributed by atoms with Crippen molar-refractivity contribution in [3.8, 4) is 0 Å². The number of ether oxygens (including phenoxy) is 1. The number of nitro groups is 1. The molecular formula is C4H7N2O4-. The van der Waals surface area contributed by atoms with Gasteiger partial charge in [0.2, 0.25) is 0 Å². The zero-order valence-electron chi connectivity index (χ0n) is 5.44. The molecule has 0 aromatic rings. The van der Waals surface area contributed by atoms with Gasteiger partial charge in [-0.3, -0.25) is 14.9 Å². The predicted molar refractivity (Wildman–Crippen MR) is 31.9 cm³/mol. The number of esters is 1. The lowest BCUT2D eigenvalue weighted by molar-refractivity contribution is -0.425. The zero-order valence-corrected chi connectivity index (χ0v) is 5.44. The second kappa shape index (κ2) is 4.54. The van der Waals surface area contributed by atoms with Gasteiger partial charge in [-0.25, -0.2) is 0 Å². The highest BCUT2D eigenvalue weighted by Crippen LogP contribution is 1.87. The minimum absolute atomic E-state index is 0.214. The third-order valence-electron chi connectivity index (χ3n) is 0.621. The summed E-state index contributed by atoms with van der Waals surface area (Å²) in [7, 11) is 0. The first-order valence-corrected chi connectivity index (χ1v) is 2.64. The number of hydrogen-bond donors (Lipinski definition) is 0. The first-order chi connectivity index (χ1) is 4.66. The molecule has 0 aromatic carbocycles. The van der Waals surface area contributed by atoms with Crippen LogP contribution in [-0.2, 0) is 9.53 Å². The van der Waals surface area contributed by atoms with Gasteiger partial charge in [0.25, 0.3) is 5.97 Å². The lowest BCUT2D eigenvalue weighted by Crippen LogP contribution is -2.10. The number of carbonyl (C=O) groups is 1. The summed E-state index contributed by atoms with van der Waals surface area (Å²) < 4.78 is 4.36. The fourth-order valence-electron chi connectivity index (χ4n) is 0.322. The van der Waals surface area contributed by atoms with E-state index in [2.05, 4.69) is 10.2 Å². The van der Waals surface area contributed by atoms with Crippen LogP contribution in [-0.4, -0.2) is 24.2 Å². The highest BCUT2D eigenvalue weighted by molar-refractivity contribution is 5.73. The first-order valence-electron chi connectivity index (χ1n) is 2.64. The quantitative estimate of drug-likeness (QED) is 0.321. The fraction of sp³-hybridized carbons (Fsp3) is 0.750. The van der Waals surface area contributed by atoms with Crippen LogP contribution in [0.3, 0.4) is 0 Å². The van der Waals surface area contributed by atoms with Crippen LogP contribution in [0.25, 0.3) is 5.43 Å². The second-order valence-corrected chi connectivity index (χ2v) is 1.34. The van der Waals surface area contributed by atoms with E-state index in [9.17, 15) is 14.9 Å². The van der Waals surface area contributed by atoms with Crippen LogP contribution in [0.15, 0.2) is 0 Å². The van der Waals surface area contributed by atoms with Gasteiger partial charge in [0, 0.05) is 6.54 Å². The van der Waals surface area contributed by atoms with Gasteiger partial charge >= 0.3 is 0 Å². The molecule has 0 spiro atoms. The molecule has 0 radical (unpaired) electrons. The monoisotopic (exact) mass is 147 g/mol. The third kappa shape index (κ3) is 4.82. The molecule has 0 unspecified atom stereocenters. The van der Waals surface area contributed by atoms with E-state index in [1.165, 1.54) is 0 Å². The van der Waals surface area contributed by atoms with E-state index in [-0.39, 0.29) is 6.61 Å². The summed E-state index contributed by atoms with van der Waals surface area (Å²) in [5.41, 5.74) is 2.69. The highest BCUT2D eigenvalue weighted by atomic mass is 16.7. The van der Waals surface area contributed by atoms with E-state index in [4.69, 9.17) is 0 Å². The number of nitrogens with zero attached hydrogens (tertiary/aromatic N) is 2. The summed E-state index contributed by atoms with van der Waals surface area (Å²) >= 11 is 0. The van der Waals surface area contributed by atoms with E-state index in [1.807, 2.05) is 0 Å². The molecule has 6 heteroatoms. The van der Waals surface area contributed by atoms with Crippen molar-refractivity contribution < 1.29 is 14.6 Å². The zero-order chi connectivity index (χ0) is 7.98. The third-order valence-corrected chi connectivity index (χ3v) is 0.621. The summed E-state index contributed by atoms with van der Waals surface area (Å²) in [4.78, 5) is 19.9. The van der Waals surface area contributed by atoms with Crippen LogP contribution in [0, 0.1) is 10.1 Å². The van der Waals surface area contributed by atoms with Gasteiger partial charge in [-0.2, -0.15) is 0 Å². The Kier molecular flexibility index (Phi) is 3.94. The van der Waals surface area contributed by atoms with Crippen LogP contribution in [0.5, 0.6) is 0 Å². The summed E-state index contributed by atoms with van der Waals surface area (Å²) in [6.45, 7) is 1.32. The molecule has 10 heavy (non-hydrogen) atoms. The molecular weight excluding hydrogens is 140 g/mol. The molecule has 0 aliphatic rings. The SMILES string of the molecule is CCOC(=O)C[N-][N+](=O)[O-]. The lowest BCUT2D eigenvalue weighted by Gasteiger charge is -2.06. The van der Waals surface area contributed by atoms with Crippen molar-refractivity contribution in [2.75, 3.05) is 13.2 Å². The molecule has 0 fully saturated rings. The van der Waals surface area contributed by atoms with E-state index in [0.717, 1.165) is 0 Å². The van der Waals surface area contributed by atoms with Crippen molar-refractivity contribution in [3.63, 3.8) is 0 Å². The van der Waals surface area contributed by atoms with E-state index < -0.39 is 17.5 Å². The van der Waals surface area contributed by atoms with Gasteiger partial charge in [0.05, 0.1) is 6.61 Å². The van der Waals surface area contributed by atoms with E-state index in [1.54, 1.807) is 6.92 Å². The van der Waals surface area contributed by atoms with Gasteiger partial charge in [0.15, 0.2) is 0 Å². The smallest absolute Gasteiger partial charge is 0.292 e. The minimum Gasteiger partial charge on any atom is -0.467 e. The Morgan fingerprint density at radius 1 is 1.80 bits per heavy atom. The minimum atomic E-state index is -0.920. The molecule has 0 aliphatic heterocycles. The van der Waals surface area contributed by atoms with E-state index in [0.29, 0.717) is 0 Å².